The van der Waals surface area contributed by atoms with Crippen LogP contribution in [0.5, 0.6) is 0 Å². The smallest absolute Gasteiger partial charge is 0.323 e. The highest BCUT2D eigenvalue weighted by molar-refractivity contribution is 5.79. The number of hydrogen-bond acceptors (Lipinski definition) is 2. The van der Waals surface area contributed by atoms with Crippen molar-refractivity contribution >= 4 is 5.97 Å². The van der Waals surface area contributed by atoms with Crippen molar-refractivity contribution in [3.8, 4) is 0 Å². The van der Waals surface area contributed by atoms with Crippen LogP contribution in [0.3, 0.4) is 0 Å². The molecule has 0 radical (unpaired) electrons. The van der Waals surface area contributed by atoms with Crippen molar-refractivity contribution in [2.24, 2.45) is 11.3 Å². The fourth-order valence-electron chi connectivity index (χ4n) is 4.21. The van der Waals surface area contributed by atoms with Crippen LogP contribution in [0.25, 0.3) is 0 Å². The van der Waals surface area contributed by atoms with Crippen molar-refractivity contribution in [1.29, 1.82) is 0 Å². The molecule has 0 aromatic rings. The van der Waals surface area contributed by atoms with Crippen molar-refractivity contribution in [3.63, 3.8) is 0 Å². The fraction of sp³-hybridized carbons (Fsp3) is 0.944. The second-order valence-electron chi connectivity index (χ2n) is 8.36. The van der Waals surface area contributed by atoms with Crippen LogP contribution in [0.1, 0.15) is 85.0 Å². The Morgan fingerprint density at radius 2 is 1.52 bits per heavy atom. The minimum absolute atomic E-state index is 0.299. The summed E-state index contributed by atoms with van der Waals surface area (Å²) in [5.41, 5.74) is -0.357. The third-order valence-corrected chi connectivity index (χ3v) is 5.81. The van der Waals surface area contributed by atoms with Crippen molar-refractivity contribution in [3.05, 3.63) is 0 Å². The largest absolute Gasteiger partial charge is 0.480 e. The standard InChI is InChI=1S/C18H33NO2/c1-17(2,3)14-10-12-18(13-11-14,16(20)21)19-15-8-6-4-5-7-9-15/h14-15,19H,4-13H2,1-3H3,(H,20,21). The lowest BCUT2D eigenvalue weighted by Gasteiger charge is -2.43. The Bertz CT molecular complexity index is 343. The first-order chi connectivity index (χ1) is 9.83. The first-order valence-corrected chi connectivity index (χ1v) is 8.85. The normalized spacial score (nSPS) is 32.6. The highest BCUT2D eigenvalue weighted by Gasteiger charge is 2.45. The number of nitrogens with one attached hydrogen (secondary N) is 1. The minimum atomic E-state index is -0.656. The molecule has 2 rings (SSSR count). The molecule has 2 aliphatic rings. The summed E-state index contributed by atoms with van der Waals surface area (Å²) in [7, 11) is 0. The SMILES string of the molecule is CC(C)(C)C1CCC(NC2CCCCCC2)(C(=O)O)CC1. The van der Waals surface area contributed by atoms with Gasteiger partial charge in [0.25, 0.3) is 0 Å². The first-order valence-electron chi connectivity index (χ1n) is 8.85. The van der Waals surface area contributed by atoms with Gasteiger partial charge in [-0.2, -0.15) is 0 Å². The molecule has 0 bridgehead atoms. The average molecular weight is 295 g/mol. The molecule has 21 heavy (non-hydrogen) atoms. The van der Waals surface area contributed by atoms with E-state index in [1.54, 1.807) is 0 Å². The fourth-order valence-corrected chi connectivity index (χ4v) is 4.21. The zero-order chi connectivity index (χ0) is 15.5. The third-order valence-electron chi connectivity index (χ3n) is 5.81. The van der Waals surface area contributed by atoms with Gasteiger partial charge in [0.2, 0.25) is 0 Å². The van der Waals surface area contributed by atoms with Gasteiger partial charge in [-0.15, -0.1) is 0 Å². The number of rotatable bonds is 3. The summed E-state index contributed by atoms with van der Waals surface area (Å²) in [6.07, 6.45) is 11.1. The highest BCUT2D eigenvalue weighted by atomic mass is 16.4. The Morgan fingerprint density at radius 3 is 1.95 bits per heavy atom. The number of hydrogen-bond donors (Lipinski definition) is 2. The molecular weight excluding hydrogens is 262 g/mol. The van der Waals surface area contributed by atoms with Gasteiger partial charge in [0, 0.05) is 6.04 Å². The summed E-state index contributed by atoms with van der Waals surface area (Å²) >= 11 is 0. The molecule has 0 saturated heterocycles. The Kier molecular flexibility index (Phi) is 5.34. The van der Waals surface area contributed by atoms with Crippen molar-refractivity contribution < 1.29 is 9.90 Å². The lowest BCUT2D eigenvalue weighted by atomic mass is 9.67. The average Bonchev–Trinajstić information content (AvgIpc) is 2.66. The van der Waals surface area contributed by atoms with Gasteiger partial charge in [0.05, 0.1) is 0 Å². The second-order valence-corrected chi connectivity index (χ2v) is 8.36. The Hall–Kier alpha value is -0.570. The summed E-state index contributed by atoms with van der Waals surface area (Å²) < 4.78 is 0. The van der Waals surface area contributed by atoms with Crippen molar-refractivity contribution in [1.82, 2.24) is 5.32 Å². The Morgan fingerprint density at radius 1 is 1.00 bits per heavy atom. The van der Waals surface area contributed by atoms with Crippen LogP contribution in [0.15, 0.2) is 0 Å². The van der Waals surface area contributed by atoms with Crippen LogP contribution >= 0.6 is 0 Å². The predicted octanol–water partition coefficient (Wildman–Crippen LogP) is 4.36. The van der Waals surface area contributed by atoms with Gasteiger partial charge in [-0.3, -0.25) is 10.1 Å². The van der Waals surface area contributed by atoms with Crippen LogP contribution in [0.4, 0.5) is 0 Å². The van der Waals surface area contributed by atoms with E-state index in [1.807, 2.05) is 0 Å². The first kappa shape index (κ1) is 16.8. The van der Waals surface area contributed by atoms with E-state index >= 15 is 0 Å². The summed E-state index contributed by atoms with van der Waals surface area (Å²) in [4.78, 5) is 11.9. The van der Waals surface area contributed by atoms with Gasteiger partial charge in [-0.25, -0.2) is 0 Å². The highest BCUT2D eigenvalue weighted by Crippen LogP contribution is 2.42. The van der Waals surface area contributed by atoms with Crippen LogP contribution in [-0.4, -0.2) is 22.7 Å². The van der Waals surface area contributed by atoms with E-state index in [2.05, 4.69) is 26.1 Å². The number of carboxylic acids is 1. The van der Waals surface area contributed by atoms with Gasteiger partial charge < -0.3 is 5.11 Å². The van der Waals surface area contributed by atoms with E-state index in [1.165, 1.54) is 25.7 Å². The molecule has 0 aliphatic heterocycles. The van der Waals surface area contributed by atoms with Gasteiger partial charge in [-0.1, -0.05) is 46.5 Å². The van der Waals surface area contributed by atoms with Gasteiger partial charge in [0.15, 0.2) is 0 Å². The predicted molar refractivity (Wildman–Crippen MR) is 86.4 cm³/mol. The summed E-state index contributed by atoms with van der Waals surface area (Å²) in [5, 5.41) is 13.4. The van der Waals surface area contributed by atoms with Gasteiger partial charge in [0.1, 0.15) is 5.54 Å². The maximum atomic E-state index is 11.9. The molecule has 2 N–H and O–H groups in total. The molecule has 0 heterocycles. The van der Waals surface area contributed by atoms with E-state index in [0.29, 0.717) is 17.4 Å². The molecule has 3 nitrogen and oxygen atoms in total. The summed E-state index contributed by atoms with van der Waals surface area (Å²) in [6, 6.07) is 0.412. The second kappa shape index (κ2) is 6.68. The van der Waals surface area contributed by atoms with E-state index in [4.69, 9.17) is 0 Å². The lowest BCUT2D eigenvalue weighted by Crippen LogP contribution is -2.58. The Balaban J connectivity index is 2.00. The topological polar surface area (TPSA) is 49.3 Å². The maximum Gasteiger partial charge on any atom is 0.323 e. The molecule has 122 valence electrons. The molecule has 3 heteroatoms. The van der Waals surface area contributed by atoms with Gasteiger partial charge >= 0.3 is 5.97 Å². The van der Waals surface area contributed by atoms with Crippen LogP contribution in [0, 0.1) is 11.3 Å². The van der Waals surface area contributed by atoms with Gasteiger partial charge in [-0.05, 0) is 49.9 Å². The van der Waals surface area contributed by atoms with Crippen LogP contribution < -0.4 is 5.32 Å². The molecule has 2 fully saturated rings. The molecule has 0 amide bonds. The minimum Gasteiger partial charge on any atom is -0.480 e. The zero-order valence-electron chi connectivity index (χ0n) is 14.1. The number of carboxylic acid groups (broad SMARTS) is 1. The number of carbonyl (C=O) groups is 1. The number of aliphatic carboxylic acids is 1. The van der Waals surface area contributed by atoms with E-state index in [9.17, 15) is 9.90 Å². The van der Waals surface area contributed by atoms with Crippen LogP contribution in [-0.2, 0) is 4.79 Å². The van der Waals surface area contributed by atoms with Crippen LogP contribution in [0.2, 0.25) is 0 Å². The lowest BCUT2D eigenvalue weighted by molar-refractivity contribution is -0.148. The molecule has 0 atom stereocenters. The molecular formula is C18H33NO2. The maximum absolute atomic E-state index is 11.9. The van der Waals surface area contributed by atoms with Crippen molar-refractivity contribution in [2.45, 2.75) is 96.6 Å². The van der Waals surface area contributed by atoms with E-state index < -0.39 is 11.5 Å². The zero-order valence-corrected chi connectivity index (χ0v) is 14.1. The summed E-state index contributed by atoms with van der Waals surface area (Å²) in [5.74, 6) is 0.0278. The molecule has 2 aliphatic carbocycles. The van der Waals surface area contributed by atoms with Crippen molar-refractivity contribution in [2.75, 3.05) is 0 Å². The van der Waals surface area contributed by atoms with E-state index in [0.717, 1.165) is 38.5 Å². The van der Waals surface area contributed by atoms with E-state index in [-0.39, 0.29) is 0 Å². The quantitative estimate of drug-likeness (QED) is 0.761. The molecule has 0 aromatic carbocycles. The molecule has 0 unspecified atom stereocenters. The molecule has 0 spiro atoms. The Labute approximate surface area is 129 Å². The molecule has 0 aromatic heterocycles. The molecule has 2 saturated carbocycles. The third kappa shape index (κ3) is 4.21. The summed E-state index contributed by atoms with van der Waals surface area (Å²) in [6.45, 7) is 6.85. The monoisotopic (exact) mass is 295 g/mol.